The molecule has 0 aromatic carbocycles. The second-order valence-corrected chi connectivity index (χ2v) is 4.79. The Morgan fingerprint density at radius 3 is 3.00 bits per heavy atom. The highest BCUT2D eigenvalue weighted by Crippen LogP contribution is 2.22. The van der Waals surface area contributed by atoms with Crippen molar-refractivity contribution in [3.63, 3.8) is 0 Å². The zero-order valence-corrected chi connectivity index (χ0v) is 10.5. The van der Waals surface area contributed by atoms with Crippen LogP contribution in [0.25, 0.3) is 5.65 Å². The van der Waals surface area contributed by atoms with Gasteiger partial charge in [0.15, 0.2) is 5.65 Å². The highest BCUT2D eigenvalue weighted by molar-refractivity contribution is 5.59. The molecule has 1 unspecified atom stereocenters. The van der Waals surface area contributed by atoms with Crippen molar-refractivity contribution in [1.82, 2.24) is 14.6 Å². The molecule has 0 spiro atoms. The molecule has 2 aromatic rings. The number of aryl methyl sites for hydroxylation is 1. The van der Waals surface area contributed by atoms with Gasteiger partial charge in [0.2, 0.25) is 0 Å². The first kappa shape index (κ1) is 11.3. The smallest absolute Gasteiger partial charge is 0.162 e. The van der Waals surface area contributed by atoms with Gasteiger partial charge >= 0.3 is 0 Å². The molecule has 0 radical (unpaired) electrons. The molecule has 6 heteroatoms. The van der Waals surface area contributed by atoms with E-state index in [9.17, 15) is 0 Å². The van der Waals surface area contributed by atoms with E-state index in [4.69, 9.17) is 11.5 Å². The third-order valence-corrected chi connectivity index (χ3v) is 3.49. The molecule has 96 valence electrons. The van der Waals surface area contributed by atoms with E-state index in [0.717, 1.165) is 43.0 Å². The Balaban J connectivity index is 2.08. The number of anilines is 2. The van der Waals surface area contributed by atoms with Crippen molar-refractivity contribution in [1.29, 1.82) is 0 Å². The molecule has 1 aliphatic rings. The van der Waals surface area contributed by atoms with Crippen LogP contribution in [-0.4, -0.2) is 33.7 Å². The molecule has 18 heavy (non-hydrogen) atoms. The first-order valence-electron chi connectivity index (χ1n) is 6.32. The van der Waals surface area contributed by atoms with Gasteiger partial charge in [0, 0.05) is 30.8 Å². The van der Waals surface area contributed by atoms with Crippen LogP contribution in [0.3, 0.4) is 0 Å². The predicted molar refractivity (Wildman–Crippen MR) is 71.6 cm³/mol. The van der Waals surface area contributed by atoms with Gasteiger partial charge in [-0.15, -0.1) is 0 Å². The lowest BCUT2D eigenvalue weighted by Gasteiger charge is -2.17. The van der Waals surface area contributed by atoms with Crippen molar-refractivity contribution in [2.24, 2.45) is 5.73 Å². The molecular formula is C12H18N6. The van der Waals surface area contributed by atoms with Crippen molar-refractivity contribution >= 4 is 17.3 Å². The molecular weight excluding hydrogens is 228 g/mol. The van der Waals surface area contributed by atoms with E-state index in [1.165, 1.54) is 0 Å². The maximum absolute atomic E-state index is 6.03. The third kappa shape index (κ3) is 1.69. The van der Waals surface area contributed by atoms with Crippen LogP contribution in [0.1, 0.15) is 18.9 Å². The Bertz CT molecular complexity index is 575. The van der Waals surface area contributed by atoms with Crippen LogP contribution >= 0.6 is 0 Å². The van der Waals surface area contributed by atoms with Gasteiger partial charge in [-0.2, -0.15) is 9.61 Å². The fraction of sp³-hybridized carbons (Fsp3) is 0.500. The second kappa shape index (κ2) is 4.13. The summed E-state index contributed by atoms with van der Waals surface area (Å²) in [6.45, 7) is 3.88. The summed E-state index contributed by atoms with van der Waals surface area (Å²) in [5, 5.41) is 4.26. The quantitative estimate of drug-likeness (QED) is 0.801. The number of nitrogens with two attached hydrogens (primary N) is 2. The predicted octanol–water partition coefficient (Wildman–Crippen LogP) is 0.411. The molecule has 0 saturated carbocycles. The van der Waals surface area contributed by atoms with Crippen LogP contribution in [0.5, 0.6) is 0 Å². The number of hydrogen-bond acceptors (Lipinski definition) is 5. The molecule has 0 amide bonds. The zero-order valence-electron chi connectivity index (χ0n) is 10.5. The largest absolute Gasteiger partial charge is 0.383 e. The fourth-order valence-electron chi connectivity index (χ4n) is 2.42. The highest BCUT2D eigenvalue weighted by Gasteiger charge is 2.21. The van der Waals surface area contributed by atoms with Gasteiger partial charge in [0.1, 0.15) is 11.6 Å². The van der Waals surface area contributed by atoms with Gasteiger partial charge in [-0.3, -0.25) is 0 Å². The summed E-state index contributed by atoms with van der Waals surface area (Å²) in [6, 6.07) is 2.11. The molecule has 3 heterocycles. The maximum Gasteiger partial charge on any atom is 0.162 e. The molecule has 2 aromatic heterocycles. The lowest BCUT2D eigenvalue weighted by molar-refractivity contribution is 0.751. The number of aromatic nitrogens is 3. The summed E-state index contributed by atoms with van der Waals surface area (Å²) < 4.78 is 1.69. The Hall–Kier alpha value is -1.82. The Morgan fingerprint density at radius 1 is 1.50 bits per heavy atom. The summed E-state index contributed by atoms with van der Waals surface area (Å²) in [6.07, 6.45) is 3.74. The second-order valence-electron chi connectivity index (χ2n) is 4.79. The Kier molecular flexibility index (Phi) is 2.59. The first-order valence-corrected chi connectivity index (χ1v) is 6.32. The molecule has 6 nitrogen and oxygen atoms in total. The molecule has 0 bridgehead atoms. The minimum Gasteiger partial charge on any atom is -0.383 e. The van der Waals surface area contributed by atoms with E-state index < -0.39 is 0 Å². The number of nitrogen functional groups attached to an aromatic ring is 1. The van der Waals surface area contributed by atoms with Crippen LogP contribution in [0.15, 0.2) is 12.3 Å². The number of rotatable bonds is 2. The van der Waals surface area contributed by atoms with Crippen molar-refractivity contribution in [2.45, 2.75) is 25.8 Å². The lowest BCUT2D eigenvalue weighted by Crippen LogP contribution is -2.27. The van der Waals surface area contributed by atoms with Crippen molar-refractivity contribution < 1.29 is 0 Å². The van der Waals surface area contributed by atoms with Crippen molar-refractivity contribution in [3.8, 4) is 0 Å². The van der Waals surface area contributed by atoms with Crippen LogP contribution in [0, 0.1) is 0 Å². The van der Waals surface area contributed by atoms with Crippen LogP contribution in [-0.2, 0) is 6.42 Å². The van der Waals surface area contributed by atoms with Gasteiger partial charge in [-0.1, -0.05) is 6.92 Å². The van der Waals surface area contributed by atoms with E-state index in [2.05, 4.69) is 21.9 Å². The summed E-state index contributed by atoms with van der Waals surface area (Å²) in [5.74, 6) is 1.53. The Labute approximate surface area is 106 Å². The summed E-state index contributed by atoms with van der Waals surface area (Å²) in [5.41, 5.74) is 13.9. The van der Waals surface area contributed by atoms with Gasteiger partial charge in [-0.05, 0) is 12.8 Å². The van der Waals surface area contributed by atoms with Crippen LogP contribution in [0.2, 0.25) is 0 Å². The SMILES string of the molecule is CCc1cnn2c(N)cc(N3CCC(N)C3)nc12. The van der Waals surface area contributed by atoms with Gasteiger partial charge in [0.05, 0.1) is 6.20 Å². The summed E-state index contributed by atoms with van der Waals surface area (Å²) >= 11 is 0. The van der Waals surface area contributed by atoms with Gasteiger partial charge < -0.3 is 16.4 Å². The van der Waals surface area contributed by atoms with Crippen LogP contribution in [0.4, 0.5) is 11.6 Å². The minimum absolute atomic E-state index is 0.236. The number of hydrogen-bond donors (Lipinski definition) is 2. The molecule has 3 rings (SSSR count). The van der Waals surface area contributed by atoms with E-state index in [1.807, 2.05) is 12.3 Å². The van der Waals surface area contributed by atoms with Crippen molar-refractivity contribution in [2.75, 3.05) is 23.7 Å². The maximum atomic E-state index is 6.03. The minimum atomic E-state index is 0.236. The lowest BCUT2D eigenvalue weighted by atomic mass is 10.3. The molecule has 1 aliphatic heterocycles. The topological polar surface area (TPSA) is 85.5 Å². The molecule has 0 aliphatic carbocycles. The molecule has 1 saturated heterocycles. The van der Waals surface area contributed by atoms with Crippen molar-refractivity contribution in [3.05, 3.63) is 17.8 Å². The highest BCUT2D eigenvalue weighted by atomic mass is 15.3. The monoisotopic (exact) mass is 246 g/mol. The average Bonchev–Trinajstić information content (AvgIpc) is 2.95. The fourth-order valence-corrected chi connectivity index (χ4v) is 2.42. The standard InChI is InChI=1S/C12H18N6/c1-2-8-6-15-18-10(14)5-11(16-12(8)18)17-4-3-9(13)7-17/h5-6,9H,2-4,7,13-14H2,1H3. The molecule has 1 fully saturated rings. The van der Waals surface area contributed by atoms with Crippen LogP contribution < -0.4 is 16.4 Å². The number of nitrogens with zero attached hydrogens (tertiary/aromatic N) is 4. The Morgan fingerprint density at radius 2 is 2.33 bits per heavy atom. The zero-order chi connectivity index (χ0) is 12.7. The number of fused-ring (bicyclic) bond motifs is 1. The molecule has 1 atom stereocenters. The normalized spacial score (nSPS) is 19.9. The third-order valence-electron chi connectivity index (χ3n) is 3.49. The summed E-state index contributed by atoms with van der Waals surface area (Å²) in [4.78, 5) is 6.86. The molecule has 4 N–H and O–H groups in total. The first-order chi connectivity index (χ1) is 8.69. The average molecular weight is 246 g/mol. The van der Waals surface area contributed by atoms with E-state index in [-0.39, 0.29) is 6.04 Å². The van der Waals surface area contributed by atoms with Gasteiger partial charge in [0.25, 0.3) is 0 Å². The van der Waals surface area contributed by atoms with E-state index >= 15 is 0 Å². The summed E-state index contributed by atoms with van der Waals surface area (Å²) in [7, 11) is 0. The van der Waals surface area contributed by atoms with E-state index in [0.29, 0.717) is 5.82 Å². The van der Waals surface area contributed by atoms with E-state index in [1.54, 1.807) is 4.52 Å². The van der Waals surface area contributed by atoms with Gasteiger partial charge in [-0.25, -0.2) is 4.98 Å².